The van der Waals surface area contributed by atoms with Crippen molar-refractivity contribution >= 4 is 11.5 Å². The Morgan fingerprint density at radius 2 is 2.31 bits per heavy atom. The lowest BCUT2D eigenvalue weighted by atomic mass is 10.1. The molecule has 1 fully saturated rings. The van der Waals surface area contributed by atoms with E-state index < -0.39 is 0 Å². The fraction of sp³-hybridized carbons (Fsp3) is 0.636. The average Bonchev–Trinajstić information content (AvgIpc) is 2.32. The van der Waals surface area contributed by atoms with Crippen molar-refractivity contribution in [1.29, 1.82) is 0 Å². The number of rotatable bonds is 2. The smallest absolute Gasteiger partial charge is 0.169 e. The molecule has 0 radical (unpaired) electrons. The molecular weight excluding hydrogens is 202 g/mol. The van der Waals surface area contributed by atoms with E-state index in [4.69, 9.17) is 5.73 Å². The summed E-state index contributed by atoms with van der Waals surface area (Å²) in [6.45, 7) is 3.98. The molecule has 0 spiro atoms. The molecule has 1 aromatic rings. The van der Waals surface area contributed by atoms with Crippen LogP contribution in [0.2, 0.25) is 0 Å². The third-order valence-electron chi connectivity index (χ3n) is 3.09. The molecule has 16 heavy (non-hydrogen) atoms. The molecule has 2 rings (SSSR count). The monoisotopic (exact) mass is 221 g/mol. The highest BCUT2D eigenvalue weighted by atomic mass is 15.2. The van der Waals surface area contributed by atoms with Crippen molar-refractivity contribution < 1.29 is 0 Å². The predicted octanol–water partition coefficient (Wildman–Crippen LogP) is 0.555. The number of nitrogens with one attached hydrogen (secondary N) is 1. The van der Waals surface area contributed by atoms with E-state index in [1.807, 2.05) is 20.0 Å². The van der Waals surface area contributed by atoms with Crippen LogP contribution in [0.1, 0.15) is 18.5 Å². The topological polar surface area (TPSA) is 67.1 Å². The van der Waals surface area contributed by atoms with Gasteiger partial charge < -0.3 is 16.0 Å². The van der Waals surface area contributed by atoms with Crippen molar-refractivity contribution in [2.75, 3.05) is 30.8 Å². The summed E-state index contributed by atoms with van der Waals surface area (Å²) in [5, 5.41) is 11.2. The van der Waals surface area contributed by atoms with Gasteiger partial charge in [-0.2, -0.15) is 5.10 Å². The van der Waals surface area contributed by atoms with Gasteiger partial charge in [0, 0.05) is 19.1 Å². The molecule has 5 nitrogen and oxygen atoms in total. The minimum atomic E-state index is 0.530. The van der Waals surface area contributed by atoms with Gasteiger partial charge in [-0.25, -0.2) is 0 Å². The number of aromatic nitrogens is 2. The Hall–Kier alpha value is -1.36. The Balaban J connectivity index is 2.19. The van der Waals surface area contributed by atoms with E-state index in [1.165, 1.54) is 12.8 Å². The lowest BCUT2D eigenvalue weighted by Crippen LogP contribution is -2.44. The molecule has 3 N–H and O–H groups in total. The van der Waals surface area contributed by atoms with Crippen molar-refractivity contribution in [2.45, 2.75) is 25.8 Å². The highest BCUT2D eigenvalue weighted by Gasteiger charge is 2.20. The van der Waals surface area contributed by atoms with Gasteiger partial charge in [-0.05, 0) is 32.9 Å². The number of anilines is 2. The fourth-order valence-electron chi connectivity index (χ4n) is 2.17. The van der Waals surface area contributed by atoms with Gasteiger partial charge in [0.25, 0.3) is 0 Å². The lowest BCUT2D eigenvalue weighted by molar-refractivity contribution is 0.449. The number of hydrogen-bond donors (Lipinski definition) is 2. The maximum absolute atomic E-state index is 5.87. The van der Waals surface area contributed by atoms with Crippen LogP contribution in [0.25, 0.3) is 0 Å². The molecule has 0 saturated carbocycles. The summed E-state index contributed by atoms with van der Waals surface area (Å²) in [7, 11) is 2.01. The molecule has 0 aromatic carbocycles. The minimum Gasteiger partial charge on any atom is -0.380 e. The van der Waals surface area contributed by atoms with Crippen LogP contribution in [0.5, 0.6) is 0 Å². The second kappa shape index (κ2) is 4.65. The van der Waals surface area contributed by atoms with Crippen LogP contribution in [-0.2, 0) is 0 Å². The van der Waals surface area contributed by atoms with Crippen LogP contribution in [0.4, 0.5) is 11.5 Å². The van der Waals surface area contributed by atoms with Crippen molar-refractivity contribution in [3.05, 3.63) is 11.8 Å². The molecule has 1 unspecified atom stereocenters. The Morgan fingerprint density at radius 1 is 1.50 bits per heavy atom. The van der Waals surface area contributed by atoms with Crippen molar-refractivity contribution in [1.82, 2.24) is 15.5 Å². The normalized spacial score (nSPS) is 21.1. The first kappa shape index (κ1) is 11.1. The molecule has 5 heteroatoms. The van der Waals surface area contributed by atoms with Gasteiger partial charge in [0.2, 0.25) is 0 Å². The number of hydrogen-bond acceptors (Lipinski definition) is 5. The van der Waals surface area contributed by atoms with Crippen LogP contribution < -0.4 is 16.0 Å². The maximum atomic E-state index is 5.87. The van der Waals surface area contributed by atoms with Gasteiger partial charge >= 0.3 is 0 Å². The van der Waals surface area contributed by atoms with Gasteiger partial charge in [0.15, 0.2) is 5.82 Å². The Kier molecular flexibility index (Phi) is 3.24. The molecule has 1 saturated heterocycles. The first-order valence-corrected chi connectivity index (χ1v) is 5.72. The summed E-state index contributed by atoms with van der Waals surface area (Å²) in [4.78, 5) is 2.29. The largest absolute Gasteiger partial charge is 0.380 e. The lowest BCUT2D eigenvalue weighted by Gasteiger charge is -2.34. The summed E-state index contributed by atoms with van der Waals surface area (Å²) in [5.41, 5.74) is 7.81. The number of piperidine rings is 1. The van der Waals surface area contributed by atoms with Crippen molar-refractivity contribution in [3.8, 4) is 0 Å². The van der Waals surface area contributed by atoms with Gasteiger partial charge in [-0.1, -0.05) is 0 Å². The quantitative estimate of drug-likeness (QED) is 0.763. The molecule has 1 aliphatic rings. The van der Waals surface area contributed by atoms with Crippen molar-refractivity contribution in [2.24, 2.45) is 0 Å². The van der Waals surface area contributed by atoms with Crippen LogP contribution in [0.3, 0.4) is 0 Å². The van der Waals surface area contributed by atoms with E-state index >= 15 is 0 Å². The second-order valence-corrected chi connectivity index (χ2v) is 4.33. The summed E-state index contributed by atoms with van der Waals surface area (Å²) < 4.78 is 0. The zero-order chi connectivity index (χ0) is 11.5. The number of nitrogens with zero attached hydrogens (tertiary/aromatic N) is 3. The number of nitrogens with two attached hydrogens (primary N) is 1. The van der Waals surface area contributed by atoms with Crippen LogP contribution in [0, 0.1) is 6.92 Å². The van der Waals surface area contributed by atoms with Gasteiger partial charge in [-0.15, -0.1) is 5.10 Å². The van der Waals surface area contributed by atoms with E-state index in [1.54, 1.807) is 0 Å². The number of likely N-dealkylation sites (N-methyl/N-ethyl adjacent to an activating group) is 1. The van der Waals surface area contributed by atoms with Gasteiger partial charge in [-0.3, -0.25) is 0 Å². The van der Waals surface area contributed by atoms with E-state index in [0.717, 1.165) is 24.5 Å². The predicted molar refractivity (Wildman–Crippen MR) is 65.5 cm³/mol. The van der Waals surface area contributed by atoms with Crippen LogP contribution >= 0.6 is 0 Å². The third kappa shape index (κ3) is 2.24. The Morgan fingerprint density at radius 3 is 3.06 bits per heavy atom. The van der Waals surface area contributed by atoms with Crippen LogP contribution in [-0.4, -0.2) is 36.4 Å². The number of nitrogen functional groups attached to an aromatic ring is 1. The average molecular weight is 221 g/mol. The van der Waals surface area contributed by atoms with Crippen molar-refractivity contribution in [3.63, 3.8) is 0 Å². The van der Waals surface area contributed by atoms with E-state index in [0.29, 0.717) is 11.9 Å². The number of aryl methyl sites for hydroxylation is 1. The highest BCUT2D eigenvalue weighted by Crippen LogP contribution is 2.24. The molecule has 0 amide bonds. The zero-order valence-electron chi connectivity index (χ0n) is 9.90. The molecule has 88 valence electrons. The molecular formula is C11H19N5. The van der Waals surface area contributed by atoms with Gasteiger partial charge in [0.1, 0.15) is 0 Å². The summed E-state index contributed by atoms with van der Waals surface area (Å²) in [5.74, 6) is 0.530. The van der Waals surface area contributed by atoms with E-state index in [-0.39, 0.29) is 0 Å². The van der Waals surface area contributed by atoms with Gasteiger partial charge in [0.05, 0.1) is 11.4 Å². The first-order valence-electron chi connectivity index (χ1n) is 5.72. The van der Waals surface area contributed by atoms with E-state index in [2.05, 4.69) is 20.4 Å². The SMILES string of the molecule is CNC1CCCN(c2cc(C)nnc2N)C1. The fourth-order valence-corrected chi connectivity index (χ4v) is 2.17. The summed E-state index contributed by atoms with van der Waals surface area (Å²) >= 11 is 0. The molecule has 0 aliphatic carbocycles. The molecule has 1 aliphatic heterocycles. The molecule has 2 heterocycles. The Labute approximate surface area is 96.0 Å². The molecule has 1 aromatic heterocycles. The third-order valence-corrected chi connectivity index (χ3v) is 3.09. The molecule has 1 atom stereocenters. The Bertz CT molecular complexity index is 365. The standard InChI is InChI=1S/C11H19N5/c1-8-6-10(11(12)15-14-8)16-5-3-4-9(7-16)13-2/h6,9,13H,3-5,7H2,1-2H3,(H2,12,15). The van der Waals surface area contributed by atoms with E-state index in [9.17, 15) is 0 Å². The maximum Gasteiger partial charge on any atom is 0.169 e. The summed E-state index contributed by atoms with van der Waals surface area (Å²) in [6, 6.07) is 2.56. The highest BCUT2D eigenvalue weighted by molar-refractivity contribution is 5.63. The van der Waals surface area contributed by atoms with Crippen LogP contribution in [0.15, 0.2) is 6.07 Å². The summed E-state index contributed by atoms with van der Waals surface area (Å²) in [6.07, 6.45) is 2.41. The second-order valence-electron chi connectivity index (χ2n) is 4.33. The molecule has 0 bridgehead atoms. The minimum absolute atomic E-state index is 0.530. The first-order chi connectivity index (χ1) is 7.70. The zero-order valence-corrected chi connectivity index (χ0v) is 9.90.